The van der Waals surface area contributed by atoms with E-state index in [-0.39, 0.29) is 23.7 Å². The molecular weight excluding hydrogens is 522 g/mol. The second kappa shape index (κ2) is 9.75. The number of hydrogen-bond donors (Lipinski definition) is 5. The topological polar surface area (TPSA) is 158 Å². The zero-order valence-corrected chi connectivity index (χ0v) is 24.3. The normalized spacial score (nSPS) is 36.5. The Morgan fingerprint density at radius 2 is 1.68 bits per heavy atom. The number of rotatable bonds is 5. The van der Waals surface area contributed by atoms with Crippen molar-refractivity contribution in [1.82, 2.24) is 0 Å². The number of nitrogens with two attached hydrogens (primary N) is 1. The third kappa shape index (κ3) is 4.09. The molecule has 5 rings (SSSR count). The van der Waals surface area contributed by atoms with Crippen LogP contribution in [0.4, 0.5) is 0 Å². The van der Waals surface area contributed by atoms with Crippen molar-refractivity contribution in [1.29, 1.82) is 0 Å². The Morgan fingerprint density at radius 1 is 1.05 bits per heavy atom. The Balaban J connectivity index is 1.62. The highest BCUT2D eigenvalue weighted by Crippen LogP contribution is 2.65. The standard InChI is InChI=1S/C33H41NO7/c1-16(2)24-27(37)23(30(34)40)28(38)33(41)29(39)25-26(36)22-20(14-31(25,4)15-32(24,33)5)19(12-13-21(22)35)11-10-18-8-6-17(3)7-9-18/h6-9,12-13,16,23-25,27,29,35,37,39,41H,10-11,14-15H2,1-5H3,(H2,34,40)/t23-,24+,25-,27?,29?,31-,32-,33+/m1/s1. The van der Waals surface area contributed by atoms with Gasteiger partial charge in [-0.15, -0.1) is 0 Å². The number of aromatic hydroxyl groups is 1. The lowest BCUT2D eigenvalue weighted by Crippen LogP contribution is -2.79. The molecule has 8 atom stereocenters. The minimum Gasteiger partial charge on any atom is -0.507 e. The fourth-order valence-electron chi connectivity index (χ4n) is 8.86. The van der Waals surface area contributed by atoms with Gasteiger partial charge in [0.1, 0.15) is 17.8 Å². The van der Waals surface area contributed by atoms with Crippen molar-refractivity contribution in [3.63, 3.8) is 0 Å². The SMILES string of the molecule is Cc1ccc(CCc2ccc(O)c3c2C[C@]2(C)C[C@]4(C)[C@@H](C(C)C)C(O)[C@@H](C(N)=O)C(=O)[C@]4(O)C(O)[C@H]2C3=O)cc1. The summed E-state index contributed by atoms with van der Waals surface area (Å²) in [5, 5.41) is 46.2. The van der Waals surface area contributed by atoms with Crippen molar-refractivity contribution in [2.75, 3.05) is 0 Å². The summed E-state index contributed by atoms with van der Waals surface area (Å²) in [6.07, 6.45) is -1.49. The maximum atomic E-state index is 14.2. The molecule has 3 aliphatic rings. The average Bonchev–Trinajstić information content (AvgIpc) is 2.86. The summed E-state index contributed by atoms with van der Waals surface area (Å²) in [7, 11) is 0. The molecule has 220 valence electrons. The Hall–Kier alpha value is -3.07. The lowest BCUT2D eigenvalue weighted by Gasteiger charge is -2.66. The number of phenols is 1. The monoisotopic (exact) mass is 563 g/mol. The predicted octanol–water partition coefficient (Wildman–Crippen LogP) is 2.67. The zero-order valence-electron chi connectivity index (χ0n) is 24.3. The van der Waals surface area contributed by atoms with Crippen molar-refractivity contribution in [2.24, 2.45) is 40.2 Å². The first kappa shape index (κ1) is 29.4. The first-order valence-corrected chi connectivity index (χ1v) is 14.4. The third-order valence-corrected chi connectivity index (χ3v) is 10.6. The molecule has 2 saturated carbocycles. The smallest absolute Gasteiger partial charge is 0.230 e. The summed E-state index contributed by atoms with van der Waals surface area (Å²) in [5.74, 6) is -6.87. The largest absolute Gasteiger partial charge is 0.507 e. The summed E-state index contributed by atoms with van der Waals surface area (Å²) in [6, 6.07) is 11.6. The highest BCUT2D eigenvalue weighted by Gasteiger charge is 2.75. The van der Waals surface area contributed by atoms with Gasteiger partial charge in [0.25, 0.3) is 0 Å². The molecule has 2 aromatic carbocycles. The fourth-order valence-corrected chi connectivity index (χ4v) is 8.86. The molecule has 2 fully saturated rings. The summed E-state index contributed by atoms with van der Waals surface area (Å²) in [6.45, 7) is 9.23. The van der Waals surface area contributed by atoms with Gasteiger partial charge in [-0.1, -0.05) is 63.6 Å². The number of amides is 1. The quantitative estimate of drug-likeness (QED) is 0.350. The fraction of sp³-hybridized carbons (Fsp3) is 0.545. The Morgan fingerprint density at radius 3 is 2.27 bits per heavy atom. The molecule has 0 aliphatic heterocycles. The van der Waals surface area contributed by atoms with Gasteiger partial charge in [-0.05, 0) is 72.6 Å². The molecule has 6 N–H and O–H groups in total. The molecule has 8 heteroatoms. The molecule has 0 bridgehead atoms. The summed E-state index contributed by atoms with van der Waals surface area (Å²) < 4.78 is 0. The number of fused-ring (bicyclic) bond motifs is 3. The van der Waals surface area contributed by atoms with Gasteiger partial charge >= 0.3 is 0 Å². The molecule has 3 aliphatic carbocycles. The number of aliphatic hydroxyl groups is 3. The van der Waals surface area contributed by atoms with E-state index in [4.69, 9.17) is 5.73 Å². The van der Waals surface area contributed by atoms with Crippen LogP contribution < -0.4 is 5.73 Å². The van der Waals surface area contributed by atoms with E-state index in [0.717, 1.165) is 23.1 Å². The van der Waals surface area contributed by atoms with Crippen LogP contribution in [0.25, 0.3) is 0 Å². The number of primary amides is 1. The van der Waals surface area contributed by atoms with E-state index in [1.807, 2.05) is 33.8 Å². The average molecular weight is 564 g/mol. The van der Waals surface area contributed by atoms with Crippen LogP contribution >= 0.6 is 0 Å². The first-order valence-electron chi connectivity index (χ1n) is 14.4. The van der Waals surface area contributed by atoms with E-state index in [0.29, 0.717) is 18.4 Å². The molecule has 2 unspecified atom stereocenters. The van der Waals surface area contributed by atoms with Crippen LogP contribution in [0.3, 0.4) is 0 Å². The minimum atomic E-state index is -2.50. The molecule has 0 saturated heterocycles. The highest BCUT2D eigenvalue weighted by molar-refractivity contribution is 6.09. The molecule has 0 aromatic heterocycles. The number of benzene rings is 2. The van der Waals surface area contributed by atoms with Gasteiger partial charge < -0.3 is 26.2 Å². The predicted molar refractivity (Wildman–Crippen MR) is 152 cm³/mol. The van der Waals surface area contributed by atoms with Crippen molar-refractivity contribution in [3.05, 3.63) is 64.2 Å². The molecule has 0 radical (unpaired) electrons. The number of aryl methyl sites for hydroxylation is 3. The van der Waals surface area contributed by atoms with Crippen molar-refractivity contribution in [3.8, 4) is 5.75 Å². The Kier molecular flexibility index (Phi) is 7.00. The van der Waals surface area contributed by atoms with Crippen LogP contribution in [0.2, 0.25) is 0 Å². The number of carbonyl (C=O) groups is 3. The number of ketones is 2. The molecule has 41 heavy (non-hydrogen) atoms. The molecule has 1 amide bonds. The van der Waals surface area contributed by atoms with Gasteiger partial charge in [0, 0.05) is 5.41 Å². The van der Waals surface area contributed by atoms with Crippen LogP contribution in [0.1, 0.15) is 66.7 Å². The van der Waals surface area contributed by atoms with Gasteiger partial charge in [0.2, 0.25) is 5.91 Å². The number of hydrogen-bond acceptors (Lipinski definition) is 7. The number of phenolic OH excluding ortho intramolecular Hbond substituents is 1. The maximum absolute atomic E-state index is 14.2. The Labute approximate surface area is 240 Å². The first-order chi connectivity index (χ1) is 19.1. The third-order valence-electron chi connectivity index (χ3n) is 10.6. The molecular formula is C33H41NO7. The van der Waals surface area contributed by atoms with Crippen molar-refractivity contribution >= 4 is 17.5 Å². The molecule has 0 spiro atoms. The molecule has 8 nitrogen and oxygen atoms in total. The summed E-state index contributed by atoms with van der Waals surface area (Å²) in [5.41, 5.74) is 4.79. The molecule has 2 aromatic rings. The summed E-state index contributed by atoms with van der Waals surface area (Å²) >= 11 is 0. The van der Waals surface area contributed by atoms with E-state index >= 15 is 0 Å². The molecule has 0 heterocycles. The van der Waals surface area contributed by atoms with Crippen molar-refractivity contribution < 1.29 is 34.8 Å². The van der Waals surface area contributed by atoms with E-state index in [1.54, 1.807) is 6.92 Å². The van der Waals surface area contributed by atoms with Crippen LogP contribution in [0.15, 0.2) is 36.4 Å². The van der Waals surface area contributed by atoms with E-state index in [2.05, 4.69) is 24.3 Å². The van der Waals surface area contributed by atoms with Crippen LogP contribution in [-0.2, 0) is 28.9 Å². The summed E-state index contributed by atoms with van der Waals surface area (Å²) in [4.78, 5) is 40.3. The van der Waals surface area contributed by atoms with Crippen LogP contribution in [0.5, 0.6) is 5.75 Å². The maximum Gasteiger partial charge on any atom is 0.230 e. The van der Waals surface area contributed by atoms with Crippen LogP contribution in [-0.4, -0.2) is 55.7 Å². The van der Waals surface area contributed by atoms with E-state index < -0.39 is 63.9 Å². The van der Waals surface area contributed by atoms with E-state index in [1.165, 1.54) is 6.07 Å². The van der Waals surface area contributed by atoms with Crippen LogP contribution in [0, 0.1) is 41.4 Å². The lowest BCUT2D eigenvalue weighted by atomic mass is 9.39. The Bertz CT molecular complexity index is 1420. The second-order valence-corrected chi connectivity index (χ2v) is 13.6. The van der Waals surface area contributed by atoms with Gasteiger partial charge in [-0.25, -0.2) is 0 Å². The number of aliphatic hydroxyl groups excluding tert-OH is 2. The number of Topliss-reactive ketones (excluding diaryl/α,β-unsaturated/α-hetero) is 2. The van der Waals surface area contributed by atoms with Gasteiger partial charge in [-0.3, -0.25) is 14.4 Å². The van der Waals surface area contributed by atoms with Gasteiger partial charge in [0.05, 0.1) is 17.6 Å². The van der Waals surface area contributed by atoms with Gasteiger partial charge in [-0.2, -0.15) is 0 Å². The zero-order chi connectivity index (χ0) is 30.2. The van der Waals surface area contributed by atoms with E-state index in [9.17, 15) is 34.8 Å². The minimum absolute atomic E-state index is 0.107. The van der Waals surface area contributed by atoms with Crippen molar-refractivity contribution in [2.45, 2.75) is 78.1 Å². The number of carbonyl (C=O) groups excluding carboxylic acids is 3. The highest BCUT2D eigenvalue weighted by atomic mass is 16.4. The van der Waals surface area contributed by atoms with Gasteiger partial charge in [0.15, 0.2) is 17.2 Å². The lowest BCUT2D eigenvalue weighted by molar-refractivity contribution is -0.265. The second-order valence-electron chi connectivity index (χ2n) is 13.6.